The highest BCUT2D eigenvalue weighted by molar-refractivity contribution is 7.92. The molecule has 7 nitrogen and oxygen atoms in total. The predicted octanol–water partition coefficient (Wildman–Crippen LogP) is 3.32. The summed E-state index contributed by atoms with van der Waals surface area (Å²) in [7, 11) is -3.74. The van der Waals surface area contributed by atoms with E-state index in [0.29, 0.717) is 13.0 Å². The molecule has 33 heavy (non-hydrogen) atoms. The van der Waals surface area contributed by atoms with Crippen molar-refractivity contribution in [2.75, 3.05) is 23.7 Å². The number of likely N-dealkylation sites (N-methyl/N-ethyl adjacent to an activating group) is 1. The molecule has 0 heterocycles. The Kier molecular flexibility index (Phi) is 9.84. The fourth-order valence-electron chi connectivity index (χ4n) is 3.63. The van der Waals surface area contributed by atoms with E-state index in [2.05, 4.69) is 5.32 Å². The highest BCUT2D eigenvalue weighted by Crippen LogP contribution is 2.22. The van der Waals surface area contributed by atoms with Crippen molar-refractivity contribution in [1.82, 2.24) is 10.2 Å². The zero-order valence-corrected chi connectivity index (χ0v) is 20.1. The zero-order valence-electron chi connectivity index (χ0n) is 19.3. The molecular weight excluding hydrogens is 445 g/mol. The summed E-state index contributed by atoms with van der Waals surface area (Å²) >= 11 is 0. The first-order valence-electron chi connectivity index (χ1n) is 11.0. The second-order valence-electron chi connectivity index (χ2n) is 7.72. The van der Waals surface area contributed by atoms with Gasteiger partial charge in [0.25, 0.3) is 0 Å². The Bertz CT molecular complexity index is 1030. The number of benzene rings is 2. The molecule has 0 aliphatic rings. The van der Waals surface area contributed by atoms with E-state index in [1.54, 1.807) is 6.07 Å². The van der Waals surface area contributed by atoms with Crippen LogP contribution in [-0.2, 0) is 26.2 Å². The highest BCUT2D eigenvalue weighted by Gasteiger charge is 2.28. The van der Waals surface area contributed by atoms with Crippen LogP contribution in [0.4, 0.5) is 10.1 Å². The molecule has 0 saturated heterocycles. The quantitative estimate of drug-likeness (QED) is 0.508. The average Bonchev–Trinajstić information content (AvgIpc) is 2.77. The molecule has 0 unspecified atom stereocenters. The van der Waals surface area contributed by atoms with E-state index >= 15 is 0 Å². The van der Waals surface area contributed by atoms with Crippen molar-refractivity contribution >= 4 is 27.5 Å². The van der Waals surface area contributed by atoms with Gasteiger partial charge in [0.15, 0.2) is 0 Å². The summed E-state index contributed by atoms with van der Waals surface area (Å²) in [6.45, 7) is 4.32. The summed E-state index contributed by atoms with van der Waals surface area (Å²) in [5.41, 5.74) is 0.833. The standard InChI is InChI=1S/C24H32FN3O4S/c1-4-21(24(30)26-5-2)27(18-19-12-7-6-8-13-19)23(29)16-11-17-28(33(3,31)32)22-15-10-9-14-20(22)25/h6-10,12-15,21H,4-5,11,16-18H2,1-3H3,(H,26,30)/t21-/m0/s1. The van der Waals surface area contributed by atoms with Gasteiger partial charge in [-0.15, -0.1) is 0 Å². The van der Waals surface area contributed by atoms with Crippen molar-refractivity contribution in [3.05, 3.63) is 66.0 Å². The maximum absolute atomic E-state index is 14.2. The SMILES string of the molecule is CCNC(=O)[C@H](CC)N(Cc1ccccc1)C(=O)CCCN(c1ccccc1F)S(C)(=O)=O. The van der Waals surface area contributed by atoms with E-state index in [1.165, 1.54) is 23.1 Å². The first kappa shape index (κ1) is 26.3. The van der Waals surface area contributed by atoms with Crippen LogP contribution in [0.5, 0.6) is 0 Å². The van der Waals surface area contributed by atoms with Gasteiger partial charge < -0.3 is 10.2 Å². The van der Waals surface area contributed by atoms with Crippen LogP contribution in [0.3, 0.4) is 0 Å². The topological polar surface area (TPSA) is 86.8 Å². The third-order valence-electron chi connectivity index (χ3n) is 5.21. The largest absolute Gasteiger partial charge is 0.355 e. The van der Waals surface area contributed by atoms with Gasteiger partial charge in [0, 0.05) is 26.1 Å². The summed E-state index contributed by atoms with van der Waals surface area (Å²) in [5.74, 6) is -1.14. The van der Waals surface area contributed by atoms with Crippen LogP contribution >= 0.6 is 0 Å². The van der Waals surface area contributed by atoms with Gasteiger partial charge in [-0.3, -0.25) is 13.9 Å². The number of hydrogen-bond acceptors (Lipinski definition) is 4. The lowest BCUT2D eigenvalue weighted by molar-refractivity contribution is -0.141. The monoisotopic (exact) mass is 477 g/mol. The molecule has 0 spiro atoms. The van der Waals surface area contributed by atoms with E-state index < -0.39 is 21.9 Å². The molecule has 0 fully saturated rings. The number of para-hydroxylation sites is 1. The van der Waals surface area contributed by atoms with Gasteiger partial charge in [0.05, 0.1) is 11.9 Å². The minimum absolute atomic E-state index is 0.0171. The van der Waals surface area contributed by atoms with Gasteiger partial charge in [-0.2, -0.15) is 0 Å². The zero-order chi connectivity index (χ0) is 24.4. The van der Waals surface area contributed by atoms with Crippen molar-refractivity contribution in [1.29, 1.82) is 0 Å². The van der Waals surface area contributed by atoms with Crippen LogP contribution in [0.25, 0.3) is 0 Å². The second kappa shape index (κ2) is 12.3. The lowest BCUT2D eigenvalue weighted by Crippen LogP contribution is -2.49. The van der Waals surface area contributed by atoms with E-state index in [0.717, 1.165) is 16.1 Å². The van der Waals surface area contributed by atoms with Crippen molar-refractivity contribution < 1.29 is 22.4 Å². The third-order valence-corrected chi connectivity index (χ3v) is 6.39. The van der Waals surface area contributed by atoms with Crippen LogP contribution in [0.2, 0.25) is 0 Å². The van der Waals surface area contributed by atoms with Crippen molar-refractivity contribution in [2.24, 2.45) is 0 Å². The van der Waals surface area contributed by atoms with Gasteiger partial charge in [-0.05, 0) is 37.5 Å². The Hall–Kier alpha value is -2.94. The molecule has 0 bridgehead atoms. The molecule has 0 aliphatic carbocycles. The van der Waals surface area contributed by atoms with Gasteiger partial charge in [0.1, 0.15) is 11.9 Å². The van der Waals surface area contributed by atoms with Crippen molar-refractivity contribution in [3.8, 4) is 0 Å². The van der Waals surface area contributed by atoms with E-state index in [9.17, 15) is 22.4 Å². The first-order valence-corrected chi connectivity index (χ1v) is 12.9. The number of rotatable bonds is 12. The lowest BCUT2D eigenvalue weighted by atomic mass is 10.1. The number of amides is 2. The predicted molar refractivity (Wildman–Crippen MR) is 128 cm³/mol. The van der Waals surface area contributed by atoms with Gasteiger partial charge >= 0.3 is 0 Å². The summed E-state index contributed by atoms with van der Waals surface area (Å²) < 4.78 is 39.7. The summed E-state index contributed by atoms with van der Waals surface area (Å²) in [5, 5.41) is 2.78. The molecular formula is C24H32FN3O4S. The van der Waals surface area contributed by atoms with E-state index in [4.69, 9.17) is 0 Å². The fourth-order valence-corrected chi connectivity index (χ4v) is 4.59. The van der Waals surface area contributed by atoms with Crippen LogP contribution in [0.15, 0.2) is 54.6 Å². The normalized spacial score (nSPS) is 12.1. The lowest BCUT2D eigenvalue weighted by Gasteiger charge is -2.31. The number of carbonyl (C=O) groups is 2. The molecule has 0 radical (unpaired) electrons. The fraction of sp³-hybridized carbons (Fsp3) is 0.417. The minimum Gasteiger partial charge on any atom is -0.355 e. The first-order chi connectivity index (χ1) is 15.7. The molecule has 0 aliphatic heterocycles. The molecule has 2 aromatic carbocycles. The molecule has 0 aromatic heterocycles. The second-order valence-corrected chi connectivity index (χ2v) is 9.62. The molecule has 180 valence electrons. The summed E-state index contributed by atoms with van der Waals surface area (Å²) in [6.07, 6.45) is 1.64. The summed E-state index contributed by atoms with van der Waals surface area (Å²) in [4.78, 5) is 27.3. The Morgan fingerprint density at radius 3 is 2.24 bits per heavy atom. The Morgan fingerprint density at radius 2 is 1.67 bits per heavy atom. The highest BCUT2D eigenvalue weighted by atomic mass is 32.2. The number of carbonyl (C=O) groups excluding carboxylic acids is 2. The molecule has 2 amide bonds. The molecule has 9 heteroatoms. The van der Waals surface area contributed by atoms with Crippen LogP contribution < -0.4 is 9.62 Å². The molecule has 0 saturated carbocycles. The average molecular weight is 478 g/mol. The molecule has 1 atom stereocenters. The van der Waals surface area contributed by atoms with Crippen LogP contribution in [0.1, 0.15) is 38.7 Å². The van der Waals surface area contributed by atoms with Gasteiger partial charge in [0.2, 0.25) is 21.8 Å². The van der Waals surface area contributed by atoms with E-state index in [-0.39, 0.29) is 43.4 Å². The third kappa shape index (κ3) is 7.56. The van der Waals surface area contributed by atoms with Crippen LogP contribution in [0, 0.1) is 5.82 Å². The maximum atomic E-state index is 14.2. The summed E-state index contributed by atoms with van der Waals surface area (Å²) in [6, 6.07) is 14.4. The van der Waals surface area contributed by atoms with Crippen molar-refractivity contribution in [2.45, 2.75) is 45.7 Å². The van der Waals surface area contributed by atoms with Gasteiger partial charge in [-0.25, -0.2) is 12.8 Å². The number of hydrogen-bond donors (Lipinski definition) is 1. The molecule has 1 N–H and O–H groups in total. The van der Waals surface area contributed by atoms with Crippen LogP contribution in [-0.4, -0.2) is 50.5 Å². The van der Waals surface area contributed by atoms with Crippen molar-refractivity contribution in [3.63, 3.8) is 0 Å². The number of nitrogens with zero attached hydrogens (tertiary/aromatic N) is 2. The Labute approximate surface area is 195 Å². The molecule has 2 rings (SSSR count). The minimum atomic E-state index is -3.74. The smallest absolute Gasteiger partial charge is 0.242 e. The van der Waals surface area contributed by atoms with Gasteiger partial charge in [-0.1, -0.05) is 49.4 Å². The molecule has 2 aromatic rings. The Morgan fingerprint density at radius 1 is 1.03 bits per heavy atom. The Balaban J connectivity index is 2.18. The van der Waals surface area contributed by atoms with E-state index in [1.807, 2.05) is 44.2 Å². The number of halogens is 1. The number of anilines is 1. The number of sulfonamides is 1. The maximum Gasteiger partial charge on any atom is 0.242 e. The number of nitrogens with one attached hydrogen (secondary N) is 1.